The van der Waals surface area contributed by atoms with Crippen molar-refractivity contribution in [2.24, 2.45) is 7.05 Å². The van der Waals surface area contributed by atoms with Gasteiger partial charge in [-0.25, -0.2) is 4.98 Å². The Morgan fingerprint density at radius 1 is 1.23 bits per heavy atom. The van der Waals surface area contributed by atoms with E-state index in [4.69, 9.17) is 16.0 Å². The molecule has 22 heavy (non-hydrogen) atoms. The second-order valence-corrected chi connectivity index (χ2v) is 6.50. The van der Waals surface area contributed by atoms with Crippen LogP contribution in [0.25, 0.3) is 11.1 Å². The van der Waals surface area contributed by atoms with Crippen LogP contribution in [0, 0.1) is 0 Å². The molecule has 0 saturated carbocycles. The van der Waals surface area contributed by atoms with Crippen LogP contribution in [0.5, 0.6) is 0 Å². The lowest BCUT2D eigenvalue weighted by molar-refractivity contribution is -0.708. The normalized spacial score (nSPS) is 12.1. The number of hydrogen-bond acceptors (Lipinski definition) is 3. The molecule has 1 unspecified atom stereocenters. The number of aromatic nitrogens is 2. The lowest BCUT2D eigenvalue weighted by Gasteiger charge is -2.05. The molecule has 0 aliphatic heterocycles. The van der Waals surface area contributed by atoms with Gasteiger partial charge >= 0.3 is 0 Å². The van der Waals surface area contributed by atoms with Crippen LogP contribution in [-0.2, 0) is 13.5 Å². The van der Waals surface area contributed by atoms with E-state index in [0.29, 0.717) is 12.3 Å². The Morgan fingerprint density at radius 2 is 2.00 bits per heavy atom. The third-order valence-corrected chi connectivity index (χ3v) is 4.93. The minimum absolute atomic E-state index is 0. The number of rotatable bonds is 5. The molecule has 2 heterocycles. The second kappa shape index (κ2) is 7.86. The average Bonchev–Trinajstić information content (AvgIpc) is 2.88. The third kappa shape index (κ3) is 4.15. The molecule has 0 amide bonds. The van der Waals surface area contributed by atoms with E-state index in [-0.39, 0.29) is 17.8 Å². The minimum atomic E-state index is -0.0109. The number of aryl methyl sites for hydroxylation is 1. The van der Waals surface area contributed by atoms with Crippen molar-refractivity contribution in [2.45, 2.75) is 16.8 Å². The summed E-state index contributed by atoms with van der Waals surface area (Å²) in [6.07, 6.45) is 2.67. The van der Waals surface area contributed by atoms with Crippen molar-refractivity contribution < 1.29 is 21.4 Å². The van der Waals surface area contributed by atoms with Crippen molar-refractivity contribution in [3.8, 4) is 0 Å². The van der Waals surface area contributed by atoms with Crippen LogP contribution >= 0.6 is 23.4 Å². The van der Waals surface area contributed by atoms with E-state index in [0.717, 1.165) is 16.9 Å². The first-order valence-electron chi connectivity index (χ1n) is 6.78. The molecular formula is C16H16Cl2N2OS. The summed E-state index contributed by atoms with van der Waals surface area (Å²) in [4.78, 5) is 4.46. The van der Waals surface area contributed by atoms with Gasteiger partial charge in [0.2, 0.25) is 5.03 Å². The first-order chi connectivity index (χ1) is 10.2. The highest BCUT2D eigenvalue weighted by molar-refractivity contribution is 7.99. The number of thioether (sulfide) groups is 1. The zero-order valence-corrected chi connectivity index (χ0v) is 14.4. The largest absolute Gasteiger partial charge is 1.00 e. The molecule has 0 saturated heterocycles. The number of benzene rings is 1. The monoisotopic (exact) mass is 354 g/mol. The Kier molecular flexibility index (Phi) is 6.12. The van der Waals surface area contributed by atoms with Gasteiger partial charge in [0.05, 0.1) is 5.38 Å². The van der Waals surface area contributed by atoms with Crippen molar-refractivity contribution in [3.63, 3.8) is 0 Å². The van der Waals surface area contributed by atoms with Gasteiger partial charge in [-0.15, -0.1) is 11.6 Å². The number of halogens is 2. The number of hydrogen-bond donors (Lipinski definition) is 0. The van der Waals surface area contributed by atoms with Gasteiger partial charge in [-0.3, -0.25) is 0 Å². The molecule has 0 fully saturated rings. The van der Waals surface area contributed by atoms with Gasteiger partial charge in [-0.2, -0.15) is 4.57 Å². The van der Waals surface area contributed by atoms with Gasteiger partial charge in [-0.1, -0.05) is 23.9 Å². The van der Waals surface area contributed by atoms with E-state index in [1.54, 1.807) is 11.8 Å². The number of oxazole rings is 1. The summed E-state index contributed by atoms with van der Waals surface area (Å²) in [6.45, 7) is 0. The number of alkyl halides is 1. The Hall–Kier alpha value is -1.23. The maximum atomic E-state index is 6.42. The summed E-state index contributed by atoms with van der Waals surface area (Å²) in [5.41, 5.74) is 1.71. The minimum Gasteiger partial charge on any atom is -1.00 e. The molecule has 2 aromatic heterocycles. The van der Waals surface area contributed by atoms with Crippen LogP contribution in [0.4, 0.5) is 0 Å². The van der Waals surface area contributed by atoms with Crippen LogP contribution in [0.15, 0.2) is 58.1 Å². The molecule has 0 radical (unpaired) electrons. The molecule has 0 bridgehead atoms. The highest BCUT2D eigenvalue weighted by Crippen LogP contribution is 2.21. The van der Waals surface area contributed by atoms with Gasteiger partial charge in [0.15, 0.2) is 17.7 Å². The summed E-state index contributed by atoms with van der Waals surface area (Å²) in [7, 11) is 2.03. The van der Waals surface area contributed by atoms with E-state index >= 15 is 0 Å². The molecule has 1 atom stereocenters. The van der Waals surface area contributed by atoms with Crippen LogP contribution in [0.1, 0.15) is 5.89 Å². The molecule has 3 aromatic rings. The Morgan fingerprint density at radius 3 is 2.77 bits per heavy atom. The fourth-order valence-electron chi connectivity index (χ4n) is 2.09. The zero-order chi connectivity index (χ0) is 14.7. The summed E-state index contributed by atoms with van der Waals surface area (Å²) < 4.78 is 7.80. The molecule has 0 N–H and O–H groups in total. The summed E-state index contributed by atoms with van der Waals surface area (Å²) in [5, 5.41) is 1.18. The molecule has 0 aliphatic rings. The smallest absolute Gasteiger partial charge is 0.239 e. The fourth-order valence-corrected chi connectivity index (χ4v) is 3.32. The van der Waals surface area contributed by atoms with Crippen molar-refractivity contribution in [1.29, 1.82) is 0 Å². The standard InChI is InChI=1S/C16H16ClN2OS.ClH/c1-19-9-5-4-8-16(19)21-11-12(17)10-15-18-13-6-2-3-7-14(13)20-15;/h2-9,12H,10-11H2,1H3;1H/q+1;/p-1. The topological polar surface area (TPSA) is 29.9 Å². The van der Waals surface area contributed by atoms with Crippen molar-refractivity contribution >= 4 is 34.5 Å². The molecule has 0 spiro atoms. The molecule has 6 heteroatoms. The Bertz CT molecular complexity index is 715. The van der Waals surface area contributed by atoms with Gasteiger partial charge in [0.25, 0.3) is 0 Å². The molecular weight excluding hydrogens is 339 g/mol. The van der Waals surface area contributed by atoms with Crippen LogP contribution in [0.3, 0.4) is 0 Å². The predicted molar refractivity (Wildman–Crippen MR) is 85.7 cm³/mol. The zero-order valence-electron chi connectivity index (χ0n) is 12.1. The van der Waals surface area contributed by atoms with Crippen LogP contribution in [-0.4, -0.2) is 16.1 Å². The third-order valence-electron chi connectivity index (χ3n) is 3.15. The van der Waals surface area contributed by atoms with Gasteiger partial charge in [0, 0.05) is 24.3 Å². The molecule has 1 aromatic carbocycles. The summed E-state index contributed by atoms with van der Waals surface area (Å²) in [5.74, 6) is 1.52. The highest BCUT2D eigenvalue weighted by Gasteiger charge is 2.14. The molecule has 116 valence electrons. The number of nitrogens with zero attached hydrogens (tertiary/aromatic N) is 2. The lowest BCUT2D eigenvalue weighted by atomic mass is 10.3. The summed E-state index contributed by atoms with van der Waals surface area (Å²) >= 11 is 8.16. The second-order valence-electron chi connectivity index (χ2n) is 4.84. The number of fused-ring (bicyclic) bond motifs is 1. The van der Waals surface area contributed by atoms with E-state index in [9.17, 15) is 0 Å². The lowest BCUT2D eigenvalue weighted by Crippen LogP contribution is -3.00. The molecule has 0 aliphatic carbocycles. The van der Waals surface area contributed by atoms with Crippen molar-refractivity contribution in [2.75, 3.05) is 5.75 Å². The van der Waals surface area contributed by atoms with Crippen LogP contribution < -0.4 is 17.0 Å². The van der Waals surface area contributed by atoms with E-state index in [1.165, 1.54) is 5.03 Å². The van der Waals surface area contributed by atoms with Crippen LogP contribution in [0.2, 0.25) is 0 Å². The number of para-hydroxylation sites is 2. The highest BCUT2D eigenvalue weighted by atomic mass is 35.5. The Labute approximate surface area is 145 Å². The molecule has 3 rings (SSSR count). The number of pyridine rings is 1. The predicted octanol–water partition coefficient (Wildman–Crippen LogP) is 0.598. The SMILES string of the molecule is C[n+]1ccccc1SCC(Cl)Cc1nc2ccccc2o1.[Cl-]. The molecule has 3 nitrogen and oxygen atoms in total. The van der Waals surface area contributed by atoms with Crippen molar-refractivity contribution in [1.82, 2.24) is 4.98 Å². The van der Waals surface area contributed by atoms with Gasteiger partial charge in [0.1, 0.15) is 12.6 Å². The quantitative estimate of drug-likeness (QED) is 0.381. The van der Waals surface area contributed by atoms with E-state index in [2.05, 4.69) is 15.6 Å². The summed E-state index contributed by atoms with van der Waals surface area (Å²) in [6, 6.07) is 13.9. The average molecular weight is 355 g/mol. The Balaban J connectivity index is 0.00000176. The van der Waals surface area contributed by atoms with Gasteiger partial charge < -0.3 is 16.8 Å². The maximum Gasteiger partial charge on any atom is 0.239 e. The first kappa shape index (κ1) is 17.1. The maximum absolute atomic E-state index is 6.42. The van der Waals surface area contributed by atoms with E-state index < -0.39 is 0 Å². The van der Waals surface area contributed by atoms with E-state index in [1.807, 2.05) is 49.6 Å². The fraction of sp³-hybridized carbons (Fsp3) is 0.250. The van der Waals surface area contributed by atoms with Crippen molar-refractivity contribution in [3.05, 3.63) is 54.6 Å². The van der Waals surface area contributed by atoms with Gasteiger partial charge in [-0.05, 0) is 18.2 Å². The first-order valence-corrected chi connectivity index (χ1v) is 8.20.